The second-order valence-electron chi connectivity index (χ2n) is 3.64. The maximum Gasteiger partial charge on any atom is 0.655 e. The number of benzene rings is 1. The molecule has 2 heterocycles. The highest BCUT2D eigenvalue weighted by atomic mass is 19.2. The minimum absolute atomic E-state index is 0.397. The summed E-state index contributed by atoms with van der Waals surface area (Å²) in [4.78, 5) is 3.17. The summed E-state index contributed by atoms with van der Waals surface area (Å²) in [5.41, 5.74) is -0.426. The van der Waals surface area contributed by atoms with Crippen LogP contribution in [0.1, 0.15) is 0 Å². The normalized spacial score (nSPS) is 12.9. The second kappa shape index (κ2) is 3.94. The summed E-state index contributed by atoms with van der Waals surface area (Å²) in [5, 5.41) is 0. The Morgan fingerprint density at radius 2 is 1.56 bits per heavy atom. The van der Waals surface area contributed by atoms with Gasteiger partial charge in [0.25, 0.3) is 0 Å². The Morgan fingerprint density at radius 1 is 0.944 bits per heavy atom. The molecule has 3 nitrogen and oxygen atoms in total. The summed E-state index contributed by atoms with van der Waals surface area (Å²) in [6.07, 6.45) is 0. The van der Waals surface area contributed by atoms with Crippen LogP contribution >= 0.6 is 0 Å². The molecule has 3 rings (SSSR count). The number of aromatic nitrogens is 1. The van der Waals surface area contributed by atoms with Crippen molar-refractivity contribution in [1.82, 2.24) is 4.98 Å². The molecule has 2 aromatic rings. The van der Waals surface area contributed by atoms with Crippen LogP contribution in [0.2, 0.25) is 0 Å². The molecule has 1 aromatic carbocycles. The summed E-state index contributed by atoms with van der Waals surface area (Å²) < 4.78 is 49.7. The van der Waals surface area contributed by atoms with E-state index in [0.29, 0.717) is 17.6 Å². The summed E-state index contributed by atoms with van der Waals surface area (Å²) >= 11 is 0. The van der Waals surface area contributed by atoms with Crippen LogP contribution in [0.5, 0.6) is 11.5 Å². The van der Waals surface area contributed by atoms with Crippen molar-refractivity contribution in [3.05, 3.63) is 47.9 Å². The molecule has 0 aliphatic carbocycles. The highest BCUT2D eigenvalue weighted by Crippen LogP contribution is 2.32. The van der Waals surface area contributed by atoms with Gasteiger partial charge in [-0.15, -0.1) is 0 Å². The standard InChI is InChI=1S/C11H5BF3NO2/c13-6-5-7(14)11(15)16-10(6)12-17-8-3-1-2-4-9(8)18-12/h1-5H. The molecule has 0 fully saturated rings. The molecule has 0 unspecified atom stereocenters. The maximum absolute atomic E-state index is 13.5. The van der Waals surface area contributed by atoms with Gasteiger partial charge in [-0.05, 0) is 12.1 Å². The predicted molar refractivity (Wildman–Crippen MR) is 57.2 cm³/mol. The van der Waals surface area contributed by atoms with Gasteiger partial charge in [-0.25, -0.2) is 13.8 Å². The quantitative estimate of drug-likeness (QED) is 0.570. The lowest BCUT2D eigenvalue weighted by Crippen LogP contribution is -2.44. The first kappa shape index (κ1) is 10.9. The molecular weight excluding hydrogens is 246 g/mol. The van der Waals surface area contributed by atoms with Gasteiger partial charge in [0, 0.05) is 6.07 Å². The van der Waals surface area contributed by atoms with Crippen LogP contribution < -0.4 is 14.9 Å². The Kier molecular flexibility index (Phi) is 2.39. The molecule has 0 atom stereocenters. The number of hydrogen-bond acceptors (Lipinski definition) is 3. The minimum atomic E-state index is -1.39. The third kappa shape index (κ3) is 1.68. The Hall–Kier alpha value is -2.18. The van der Waals surface area contributed by atoms with Gasteiger partial charge < -0.3 is 9.31 Å². The topological polar surface area (TPSA) is 31.4 Å². The van der Waals surface area contributed by atoms with Gasteiger partial charge in [0.2, 0.25) is 5.95 Å². The first-order valence-corrected chi connectivity index (χ1v) is 5.09. The van der Waals surface area contributed by atoms with Crippen LogP contribution in [0.3, 0.4) is 0 Å². The molecule has 0 amide bonds. The summed E-state index contributed by atoms with van der Waals surface area (Å²) in [6.45, 7) is 0. The largest absolute Gasteiger partial charge is 0.655 e. The fourth-order valence-electron chi connectivity index (χ4n) is 1.63. The van der Waals surface area contributed by atoms with E-state index in [1.165, 1.54) is 0 Å². The molecule has 90 valence electrons. The number of para-hydroxylation sites is 2. The zero-order chi connectivity index (χ0) is 12.7. The van der Waals surface area contributed by atoms with E-state index in [-0.39, 0.29) is 0 Å². The van der Waals surface area contributed by atoms with Gasteiger partial charge in [-0.1, -0.05) is 12.1 Å². The van der Waals surface area contributed by atoms with Gasteiger partial charge in [0.05, 0.1) is 0 Å². The molecule has 0 saturated carbocycles. The van der Waals surface area contributed by atoms with Crippen LogP contribution in [0.15, 0.2) is 30.3 Å². The van der Waals surface area contributed by atoms with Crippen molar-refractivity contribution in [2.24, 2.45) is 0 Å². The summed E-state index contributed by atoms with van der Waals surface area (Å²) in [7, 11) is -1.21. The highest BCUT2D eigenvalue weighted by Gasteiger charge is 2.38. The molecule has 0 spiro atoms. The number of fused-ring (bicyclic) bond motifs is 1. The van der Waals surface area contributed by atoms with Crippen molar-refractivity contribution in [3.8, 4) is 11.5 Å². The molecule has 0 saturated heterocycles. The van der Waals surface area contributed by atoms with E-state index in [1.807, 2.05) is 0 Å². The summed E-state index contributed by atoms with van der Waals surface area (Å²) in [6, 6.07) is 7.06. The Labute approximate surface area is 100 Å². The number of pyridine rings is 1. The van der Waals surface area contributed by atoms with E-state index in [9.17, 15) is 13.2 Å². The van der Waals surface area contributed by atoms with E-state index in [1.54, 1.807) is 24.3 Å². The Balaban J connectivity index is 1.97. The fraction of sp³-hybridized carbons (Fsp3) is 0. The number of hydrogen-bond donors (Lipinski definition) is 0. The van der Waals surface area contributed by atoms with Gasteiger partial charge in [-0.2, -0.15) is 4.39 Å². The van der Waals surface area contributed by atoms with Crippen molar-refractivity contribution in [1.29, 1.82) is 0 Å². The molecule has 1 aliphatic rings. The lowest BCUT2D eigenvalue weighted by atomic mass is 9.84. The SMILES string of the molecule is Fc1cc(F)c(B2Oc3ccccc3O2)nc1F. The van der Waals surface area contributed by atoms with Gasteiger partial charge in [-0.3, -0.25) is 0 Å². The Bertz CT molecular complexity index is 598. The van der Waals surface area contributed by atoms with Gasteiger partial charge in [0.15, 0.2) is 5.82 Å². The van der Waals surface area contributed by atoms with Crippen molar-refractivity contribution >= 4 is 12.7 Å². The molecule has 18 heavy (non-hydrogen) atoms. The smallest absolute Gasteiger partial charge is 0.518 e. The monoisotopic (exact) mass is 251 g/mol. The molecule has 0 radical (unpaired) electrons. The molecule has 7 heteroatoms. The van der Waals surface area contributed by atoms with E-state index in [0.717, 1.165) is 0 Å². The van der Waals surface area contributed by atoms with E-state index >= 15 is 0 Å². The lowest BCUT2D eigenvalue weighted by molar-refractivity contribution is 0.460. The highest BCUT2D eigenvalue weighted by molar-refractivity contribution is 6.62. The van der Waals surface area contributed by atoms with Crippen LogP contribution in [-0.2, 0) is 0 Å². The minimum Gasteiger partial charge on any atom is -0.518 e. The molecule has 1 aliphatic heterocycles. The lowest BCUT2D eigenvalue weighted by Gasteiger charge is -2.05. The average Bonchev–Trinajstić information content (AvgIpc) is 2.77. The number of rotatable bonds is 1. The fourth-order valence-corrected chi connectivity index (χ4v) is 1.63. The van der Waals surface area contributed by atoms with E-state index in [4.69, 9.17) is 9.31 Å². The predicted octanol–water partition coefficient (Wildman–Crippen LogP) is 1.67. The second-order valence-corrected chi connectivity index (χ2v) is 3.64. The van der Waals surface area contributed by atoms with Crippen LogP contribution in [-0.4, -0.2) is 12.1 Å². The zero-order valence-electron chi connectivity index (χ0n) is 8.86. The third-order valence-corrected chi connectivity index (χ3v) is 2.45. The van der Waals surface area contributed by atoms with E-state index < -0.39 is 30.3 Å². The van der Waals surface area contributed by atoms with Crippen molar-refractivity contribution in [2.45, 2.75) is 0 Å². The molecule has 0 bridgehead atoms. The average molecular weight is 251 g/mol. The van der Waals surface area contributed by atoms with Crippen molar-refractivity contribution < 1.29 is 22.5 Å². The van der Waals surface area contributed by atoms with E-state index in [2.05, 4.69) is 4.98 Å². The zero-order valence-corrected chi connectivity index (χ0v) is 8.86. The number of halogens is 3. The first-order chi connectivity index (χ1) is 8.65. The van der Waals surface area contributed by atoms with Crippen molar-refractivity contribution in [3.63, 3.8) is 0 Å². The Morgan fingerprint density at radius 3 is 2.17 bits per heavy atom. The molecule has 1 aromatic heterocycles. The first-order valence-electron chi connectivity index (χ1n) is 5.09. The van der Waals surface area contributed by atoms with Gasteiger partial charge >= 0.3 is 7.12 Å². The number of nitrogens with zero attached hydrogens (tertiary/aromatic N) is 1. The van der Waals surface area contributed by atoms with Gasteiger partial charge in [0.1, 0.15) is 22.9 Å². The molecular formula is C11H5BF3NO2. The molecule has 0 N–H and O–H groups in total. The van der Waals surface area contributed by atoms with Crippen LogP contribution in [0.25, 0.3) is 0 Å². The van der Waals surface area contributed by atoms with Crippen LogP contribution in [0.4, 0.5) is 13.2 Å². The maximum atomic E-state index is 13.5. The third-order valence-electron chi connectivity index (χ3n) is 2.45. The van der Waals surface area contributed by atoms with Crippen LogP contribution in [0, 0.1) is 17.6 Å². The van der Waals surface area contributed by atoms with Crippen molar-refractivity contribution in [2.75, 3.05) is 0 Å². The summed E-state index contributed by atoms with van der Waals surface area (Å²) in [5.74, 6) is -2.98.